The summed E-state index contributed by atoms with van der Waals surface area (Å²) >= 11 is 1.58. The van der Waals surface area contributed by atoms with Gasteiger partial charge in [0.1, 0.15) is 5.01 Å². The number of likely N-dealkylation sites (N-methyl/N-ethyl adjacent to an activating group) is 1. The first-order valence-electron chi connectivity index (χ1n) is 8.97. The molecule has 1 aromatic heterocycles. The van der Waals surface area contributed by atoms with Crippen molar-refractivity contribution in [2.45, 2.75) is 32.4 Å². The molecule has 7 heteroatoms. The average Bonchev–Trinajstić information content (AvgIpc) is 3.13. The van der Waals surface area contributed by atoms with E-state index in [0.717, 1.165) is 30.9 Å². The number of likely N-dealkylation sites (tertiary alicyclic amines) is 1. The summed E-state index contributed by atoms with van der Waals surface area (Å²) < 4.78 is 0. The molecule has 0 spiro atoms. The molecule has 1 atom stereocenters. The third kappa shape index (κ3) is 4.46. The van der Waals surface area contributed by atoms with Gasteiger partial charge in [-0.1, -0.05) is 0 Å². The van der Waals surface area contributed by atoms with E-state index < -0.39 is 0 Å². The molecule has 0 radical (unpaired) electrons. The van der Waals surface area contributed by atoms with Crippen molar-refractivity contribution in [2.24, 2.45) is 5.92 Å². The van der Waals surface area contributed by atoms with Gasteiger partial charge in [0.2, 0.25) is 0 Å². The quantitative estimate of drug-likeness (QED) is 0.897. The van der Waals surface area contributed by atoms with E-state index in [4.69, 9.17) is 0 Å². The van der Waals surface area contributed by atoms with Crippen molar-refractivity contribution in [3.63, 3.8) is 0 Å². The number of piperazine rings is 1. The Kier molecular flexibility index (Phi) is 6.08. The normalized spacial score (nSPS) is 22.5. The molecule has 0 bridgehead atoms. The number of aromatic nitrogens is 1. The summed E-state index contributed by atoms with van der Waals surface area (Å²) in [6.45, 7) is 9.32. The fraction of sp³-hybridized carbons (Fsp3) is 0.765. The highest BCUT2D eigenvalue weighted by Crippen LogP contribution is 2.24. The predicted molar refractivity (Wildman–Crippen MR) is 97.2 cm³/mol. The maximum absolute atomic E-state index is 12.3. The first-order chi connectivity index (χ1) is 11.6. The van der Waals surface area contributed by atoms with Crippen molar-refractivity contribution in [3.8, 4) is 0 Å². The van der Waals surface area contributed by atoms with Crippen LogP contribution in [0.15, 0.2) is 11.6 Å². The topological polar surface area (TPSA) is 51.7 Å². The van der Waals surface area contributed by atoms with Gasteiger partial charge in [-0.15, -0.1) is 11.3 Å². The molecule has 3 rings (SSSR count). The molecule has 6 nitrogen and oxygen atoms in total. The number of piperidine rings is 1. The number of thiazole rings is 1. The maximum Gasteiger partial charge on any atom is 0.317 e. The minimum Gasteiger partial charge on any atom is -0.331 e. The van der Waals surface area contributed by atoms with Crippen LogP contribution >= 0.6 is 11.3 Å². The highest BCUT2D eigenvalue weighted by Gasteiger charge is 2.30. The summed E-state index contributed by atoms with van der Waals surface area (Å²) in [6, 6.07) is 0.676. The molecule has 0 saturated carbocycles. The van der Waals surface area contributed by atoms with E-state index in [-0.39, 0.29) is 6.03 Å². The van der Waals surface area contributed by atoms with Crippen LogP contribution in [0.2, 0.25) is 0 Å². The van der Waals surface area contributed by atoms with Crippen molar-refractivity contribution in [3.05, 3.63) is 16.6 Å². The largest absolute Gasteiger partial charge is 0.331 e. The van der Waals surface area contributed by atoms with E-state index in [0.29, 0.717) is 18.5 Å². The molecule has 0 aliphatic carbocycles. The number of urea groups is 1. The summed E-state index contributed by atoms with van der Waals surface area (Å²) in [6.07, 6.45) is 3.99. The zero-order valence-electron chi connectivity index (χ0n) is 14.8. The van der Waals surface area contributed by atoms with Crippen LogP contribution in [0.1, 0.15) is 24.8 Å². The number of amides is 2. The van der Waals surface area contributed by atoms with Crippen molar-refractivity contribution >= 4 is 17.4 Å². The molecule has 1 N–H and O–H groups in total. The summed E-state index contributed by atoms with van der Waals surface area (Å²) in [7, 11) is 2.20. The molecule has 0 unspecified atom stereocenters. The van der Waals surface area contributed by atoms with E-state index in [1.807, 2.05) is 10.3 Å². The van der Waals surface area contributed by atoms with Crippen molar-refractivity contribution in [1.82, 2.24) is 25.0 Å². The lowest BCUT2D eigenvalue weighted by atomic mass is 9.89. The smallest absolute Gasteiger partial charge is 0.317 e. The van der Waals surface area contributed by atoms with Gasteiger partial charge in [-0.05, 0) is 32.7 Å². The molecule has 3 heterocycles. The van der Waals surface area contributed by atoms with Crippen molar-refractivity contribution in [1.29, 1.82) is 0 Å². The molecular formula is C17H29N5OS. The van der Waals surface area contributed by atoms with Gasteiger partial charge >= 0.3 is 6.03 Å². The van der Waals surface area contributed by atoms with Gasteiger partial charge in [-0.25, -0.2) is 9.78 Å². The zero-order valence-corrected chi connectivity index (χ0v) is 15.6. The number of nitrogens with zero attached hydrogens (tertiary/aromatic N) is 4. The molecule has 2 fully saturated rings. The number of carbonyl (C=O) groups is 1. The van der Waals surface area contributed by atoms with Gasteiger partial charge in [-0.2, -0.15) is 0 Å². The third-order valence-electron chi connectivity index (χ3n) is 5.50. The Morgan fingerprint density at radius 1 is 1.29 bits per heavy atom. The van der Waals surface area contributed by atoms with Crippen LogP contribution in [0.3, 0.4) is 0 Å². The van der Waals surface area contributed by atoms with Gasteiger partial charge in [0.05, 0.1) is 6.54 Å². The maximum atomic E-state index is 12.3. The highest BCUT2D eigenvalue weighted by atomic mass is 32.1. The first-order valence-corrected chi connectivity index (χ1v) is 9.85. The van der Waals surface area contributed by atoms with Crippen LogP contribution < -0.4 is 5.32 Å². The van der Waals surface area contributed by atoms with Gasteiger partial charge < -0.3 is 15.1 Å². The van der Waals surface area contributed by atoms with Crippen LogP contribution in [0.5, 0.6) is 0 Å². The Balaban J connectivity index is 1.40. The highest BCUT2D eigenvalue weighted by molar-refractivity contribution is 7.09. The van der Waals surface area contributed by atoms with E-state index in [1.165, 1.54) is 26.2 Å². The standard InChI is InChI=1S/C17H29N5OS/c1-14(21-10-8-20(2)9-11-21)15-3-6-22(7-4-15)17(23)19-13-16-18-5-12-24-16/h5,12,14-15H,3-4,6-11,13H2,1-2H3,(H,19,23)/t14-/m0/s1. The lowest BCUT2D eigenvalue weighted by Crippen LogP contribution is -2.52. The minimum absolute atomic E-state index is 0.0518. The predicted octanol–water partition coefficient (Wildman–Crippen LogP) is 1.70. The molecule has 2 aliphatic rings. The number of hydrogen-bond acceptors (Lipinski definition) is 5. The Morgan fingerprint density at radius 3 is 2.62 bits per heavy atom. The van der Waals surface area contributed by atoms with Crippen LogP contribution in [0.25, 0.3) is 0 Å². The molecule has 134 valence electrons. The molecule has 1 aromatic rings. The summed E-state index contributed by atoms with van der Waals surface area (Å²) in [5, 5.41) is 5.88. The van der Waals surface area contributed by atoms with E-state index >= 15 is 0 Å². The van der Waals surface area contributed by atoms with Gasteiger partial charge in [0, 0.05) is 56.9 Å². The van der Waals surface area contributed by atoms with Crippen LogP contribution in [-0.2, 0) is 6.54 Å². The van der Waals surface area contributed by atoms with Crippen molar-refractivity contribution < 1.29 is 4.79 Å². The average molecular weight is 352 g/mol. The third-order valence-corrected chi connectivity index (χ3v) is 6.28. The SMILES string of the molecule is C[C@@H](C1CCN(C(=O)NCc2nccs2)CC1)N1CCN(C)CC1. The molecule has 0 aromatic carbocycles. The molecule has 24 heavy (non-hydrogen) atoms. The van der Waals surface area contributed by atoms with E-state index in [2.05, 4.69) is 34.1 Å². The fourth-order valence-corrected chi connectivity index (χ4v) is 4.27. The lowest BCUT2D eigenvalue weighted by molar-refractivity contribution is 0.0664. The molecule has 2 saturated heterocycles. The Bertz CT molecular complexity index is 507. The van der Waals surface area contributed by atoms with Gasteiger partial charge in [-0.3, -0.25) is 4.90 Å². The number of hydrogen-bond donors (Lipinski definition) is 1. The van der Waals surface area contributed by atoms with E-state index in [9.17, 15) is 4.79 Å². The molecular weight excluding hydrogens is 322 g/mol. The second-order valence-corrected chi connectivity index (χ2v) is 7.97. The van der Waals surface area contributed by atoms with Crippen LogP contribution in [0, 0.1) is 5.92 Å². The second-order valence-electron chi connectivity index (χ2n) is 6.99. The summed E-state index contributed by atoms with van der Waals surface area (Å²) in [4.78, 5) is 23.5. The van der Waals surface area contributed by atoms with E-state index in [1.54, 1.807) is 17.5 Å². The zero-order chi connectivity index (χ0) is 16.9. The second kappa shape index (κ2) is 8.27. The number of carbonyl (C=O) groups excluding carboxylic acids is 1. The number of rotatable bonds is 4. The summed E-state index contributed by atoms with van der Waals surface area (Å²) in [5.41, 5.74) is 0. The summed E-state index contributed by atoms with van der Waals surface area (Å²) in [5.74, 6) is 0.705. The Morgan fingerprint density at radius 2 is 2.00 bits per heavy atom. The van der Waals surface area contributed by atoms with Crippen molar-refractivity contribution in [2.75, 3.05) is 46.3 Å². The monoisotopic (exact) mass is 351 g/mol. The Hall–Kier alpha value is -1.18. The number of nitrogens with one attached hydrogen (secondary N) is 1. The lowest BCUT2D eigenvalue weighted by Gasteiger charge is -2.42. The first kappa shape index (κ1) is 17.6. The Labute approximate surface area is 148 Å². The minimum atomic E-state index is 0.0518. The fourth-order valence-electron chi connectivity index (χ4n) is 3.72. The van der Waals surface area contributed by atoms with Crippen LogP contribution in [0.4, 0.5) is 4.79 Å². The molecule has 2 aliphatic heterocycles. The van der Waals surface area contributed by atoms with Gasteiger partial charge in [0.25, 0.3) is 0 Å². The molecule has 2 amide bonds. The van der Waals surface area contributed by atoms with Gasteiger partial charge in [0.15, 0.2) is 0 Å². The van der Waals surface area contributed by atoms with Crippen LogP contribution in [-0.4, -0.2) is 78.1 Å².